The number of hydrogen-bond donors (Lipinski definition) is 3. The number of hydrogen-bond acceptors (Lipinski definition) is 8. The van der Waals surface area contributed by atoms with E-state index in [1.165, 1.54) is 12.7 Å². The summed E-state index contributed by atoms with van der Waals surface area (Å²) in [5.41, 5.74) is 7.20. The number of anilines is 1. The van der Waals surface area contributed by atoms with Gasteiger partial charge in [0.2, 0.25) is 5.91 Å². The fourth-order valence-electron chi connectivity index (χ4n) is 5.07. The van der Waals surface area contributed by atoms with E-state index in [1.54, 1.807) is 16.5 Å². The van der Waals surface area contributed by atoms with Crippen molar-refractivity contribution < 1.29 is 15.0 Å². The zero-order valence-electron chi connectivity index (χ0n) is 20.2. The first-order chi connectivity index (χ1) is 17.2. The molecule has 190 valence electrons. The van der Waals surface area contributed by atoms with Gasteiger partial charge in [-0.05, 0) is 37.5 Å². The lowest BCUT2D eigenvalue weighted by Gasteiger charge is -2.43. The minimum absolute atomic E-state index is 0.0319. The maximum atomic E-state index is 13.0. The van der Waals surface area contributed by atoms with Gasteiger partial charge in [-0.15, -0.1) is 0 Å². The highest BCUT2D eigenvalue weighted by Crippen LogP contribution is 2.33. The largest absolute Gasteiger partial charge is 0.390 e. The number of fused-ring (bicyclic) bond motifs is 2. The summed E-state index contributed by atoms with van der Waals surface area (Å²) in [5, 5.41) is 22.8. The van der Waals surface area contributed by atoms with E-state index in [0.717, 1.165) is 16.9 Å². The number of amides is 1. The molecule has 1 saturated carbocycles. The maximum absolute atomic E-state index is 13.0. The van der Waals surface area contributed by atoms with Crippen LogP contribution in [-0.4, -0.2) is 74.9 Å². The molecule has 3 heterocycles. The first-order valence-corrected chi connectivity index (χ1v) is 12.2. The zero-order valence-corrected chi connectivity index (χ0v) is 20.9. The predicted octanol–water partition coefficient (Wildman–Crippen LogP) is 1.68. The van der Waals surface area contributed by atoms with Gasteiger partial charge in [-0.2, -0.15) is 0 Å². The summed E-state index contributed by atoms with van der Waals surface area (Å²) in [6, 6.07) is 5.38. The SMILES string of the molecule is CN(C(=O)CCc1nc2cc(Cl)ccc2n1C)[C@H]1CC[C@@](O)(Cn2cnc3c(N)ncnc32)[C@H](O)C1. The van der Waals surface area contributed by atoms with Crippen molar-refractivity contribution in [1.29, 1.82) is 0 Å². The van der Waals surface area contributed by atoms with Gasteiger partial charge >= 0.3 is 0 Å². The normalized spacial score (nSPS) is 22.4. The molecule has 4 aromatic rings. The third-order valence-electron chi connectivity index (χ3n) is 7.34. The standard InChI is InChI=1S/C24H29ClN8O3/c1-31(20(35)6-5-19-30-16-9-14(25)3-4-17(16)32(19)2)15-7-8-24(36,18(34)10-15)11-33-13-29-21-22(26)27-12-28-23(21)33/h3-4,9,12-13,15,18,34,36H,5-8,10-11H2,1-2H3,(H2,26,27,28)/t15-,18+,24+/m0/s1. The molecule has 3 atom stereocenters. The first kappa shape index (κ1) is 24.4. The van der Waals surface area contributed by atoms with Crippen molar-refractivity contribution >= 4 is 45.5 Å². The molecule has 36 heavy (non-hydrogen) atoms. The Bertz CT molecular complexity index is 1440. The summed E-state index contributed by atoms with van der Waals surface area (Å²) in [7, 11) is 3.68. The molecule has 12 heteroatoms. The second kappa shape index (κ2) is 9.30. The van der Waals surface area contributed by atoms with Crippen LogP contribution < -0.4 is 5.73 Å². The Kier molecular flexibility index (Phi) is 6.31. The Balaban J connectivity index is 1.21. The molecule has 1 aromatic carbocycles. The van der Waals surface area contributed by atoms with Crippen molar-refractivity contribution in [2.45, 2.75) is 56.4 Å². The van der Waals surface area contributed by atoms with Gasteiger partial charge in [0.15, 0.2) is 11.5 Å². The van der Waals surface area contributed by atoms with E-state index in [2.05, 4.69) is 19.9 Å². The second-order valence-electron chi connectivity index (χ2n) is 9.58. The average molecular weight is 513 g/mol. The molecule has 0 radical (unpaired) electrons. The number of carbonyl (C=O) groups is 1. The number of aliphatic hydroxyl groups excluding tert-OH is 1. The highest BCUT2D eigenvalue weighted by Gasteiger charge is 2.43. The molecule has 0 spiro atoms. The van der Waals surface area contributed by atoms with E-state index >= 15 is 0 Å². The predicted molar refractivity (Wildman–Crippen MR) is 135 cm³/mol. The highest BCUT2D eigenvalue weighted by atomic mass is 35.5. The molecule has 11 nitrogen and oxygen atoms in total. The number of nitrogen functional groups attached to an aromatic ring is 1. The summed E-state index contributed by atoms with van der Waals surface area (Å²) in [5.74, 6) is 1.04. The van der Waals surface area contributed by atoms with Crippen molar-refractivity contribution in [3.8, 4) is 0 Å². The van der Waals surface area contributed by atoms with E-state index in [4.69, 9.17) is 17.3 Å². The molecule has 0 bridgehead atoms. The fraction of sp³-hybridized carbons (Fsp3) is 0.458. The number of benzene rings is 1. The third kappa shape index (κ3) is 4.38. The lowest BCUT2D eigenvalue weighted by atomic mass is 9.79. The van der Waals surface area contributed by atoms with Gasteiger partial charge < -0.3 is 30.0 Å². The number of nitrogens with zero attached hydrogens (tertiary/aromatic N) is 7. The third-order valence-corrected chi connectivity index (χ3v) is 7.57. The Morgan fingerprint density at radius 1 is 1.33 bits per heavy atom. The van der Waals surface area contributed by atoms with E-state index in [0.29, 0.717) is 41.9 Å². The summed E-state index contributed by atoms with van der Waals surface area (Å²) < 4.78 is 3.65. The van der Waals surface area contributed by atoms with Crippen LogP contribution in [0.2, 0.25) is 5.02 Å². The fourth-order valence-corrected chi connectivity index (χ4v) is 5.24. The van der Waals surface area contributed by atoms with Crippen LogP contribution in [0.15, 0.2) is 30.9 Å². The lowest BCUT2D eigenvalue weighted by molar-refractivity contribution is -0.143. The number of carbonyl (C=O) groups excluding carboxylic acids is 1. The molecule has 1 aliphatic rings. The number of aryl methyl sites for hydroxylation is 2. The van der Waals surface area contributed by atoms with E-state index < -0.39 is 11.7 Å². The first-order valence-electron chi connectivity index (χ1n) is 11.8. The Morgan fingerprint density at radius 2 is 2.14 bits per heavy atom. The number of nitrogens with two attached hydrogens (primary N) is 1. The number of rotatable bonds is 6. The van der Waals surface area contributed by atoms with Gasteiger partial charge in [-0.3, -0.25) is 4.79 Å². The summed E-state index contributed by atoms with van der Waals surface area (Å²) in [6.07, 6.45) is 3.80. The number of imidazole rings is 2. The number of halogens is 1. The quantitative estimate of drug-likeness (QED) is 0.353. The van der Waals surface area contributed by atoms with Crippen LogP contribution in [0.3, 0.4) is 0 Å². The van der Waals surface area contributed by atoms with Crippen LogP contribution in [0.4, 0.5) is 5.82 Å². The average Bonchev–Trinajstić information content (AvgIpc) is 3.40. The summed E-state index contributed by atoms with van der Waals surface area (Å²) in [6.45, 7) is 0.113. The van der Waals surface area contributed by atoms with Crippen LogP contribution in [0.1, 0.15) is 31.5 Å². The monoisotopic (exact) mass is 512 g/mol. The van der Waals surface area contributed by atoms with Gasteiger partial charge in [0.25, 0.3) is 0 Å². The molecule has 1 aliphatic carbocycles. The number of aromatic nitrogens is 6. The molecule has 5 rings (SSSR count). The molecule has 3 aromatic heterocycles. The van der Waals surface area contributed by atoms with Crippen LogP contribution in [0.5, 0.6) is 0 Å². The van der Waals surface area contributed by atoms with E-state index in [-0.39, 0.29) is 30.7 Å². The highest BCUT2D eigenvalue weighted by molar-refractivity contribution is 6.31. The van der Waals surface area contributed by atoms with Gasteiger partial charge in [-0.1, -0.05) is 11.6 Å². The van der Waals surface area contributed by atoms with Crippen LogP contribution in [0.25, 0.3) is 22.2 Å². The molecule has 0 saturated heterocycles. The maximum Gasteiger partial charge on any atom is 0.223 e. The molecular weight excluding hydrogens is 484 g/mol. The topological polar surface area (TPSA) is 148 Å². The number of aliphatic hydroxyl groups is 2. The smallest absolute Gasteiger partial charge is 0.223 e. The Labute approximate surface area is 212 Å². The minimum atomic E-state index is -1.37. The van der Waals surface area contributed by atoms with Gasteiger partial charge in [-0.25, -0.2) is 19.9 Å². The van der Waals surface area contributed by atoms with E-state index in [1.807, 2.05) is 29.8 Å². The zero-order chi connectivity index (χ0) is 25.6. The van der Waals surface area contributed by atoms with Crippen molar-refractivity contribution in [3.05, 3.63) is 41.7 Å². The Hall–Kier alpha value is -3.28. The molecule has 0 aliphatic heterocycles. The van der Waals surface area contributed by atoms with Crippen molar-refractivity contribution in [3.63, 3.8) is 0 Å². The van der Waals surface area contributed by atoms with Gasteiger partial charge in [0.1, 0.15) is 23.3 Å². The lowest BCUT2D eigenvalue weighted by Crippen LogP contribution is -2.54. The van der Waals surface area contributed by atoms with Crippen LogP contribution in [-0.2, 0) is 24.8 Å². The van der Waals surface area contributed by atoms with Gasteiger partial charge in [0, 0.05) is 38.0 Å². The molecule has 1 amide bonds. The van der Waals surface area contributed by atoms with Crippen molar-refractivity contribution in [2.75, 3.05) is 12.8 Å². The van der Waals surface area contributed by atoms with E-state index in [9.17, 15) is 15.0 Å². The summed E-state index contributed by atoms with van der Waals surface area (Å²) >= 11 is 6.08. The van der Waals surface area contributed by atoms with Crippen LogP contribution in [0, 0.1) is 0 Å². The van der Waals surface area contributed by atoms with Crippen LogP contribution >= 0.6 is 11.6 Å². The molecule has 0 unspecified atom stereocenters. The summed E-state index contributed by atoms with van der Waals surface area (Å²) in [4.78, 5) is 31.7. The van der Waals surface area contributed by atoms with Crippen molar-refractivity contribution in [2.24, 2.45) is 7.05 Å². The Morgan fingerprint density at radius 3 is 2.92 bits per heavy atom. The molecule has 1 fully saturated rings. The minimum Gasteiger partial charge on any atom is -0.390 e. The second-order valence-corrected chi connectivity index (χ2v) is 10.0. The molecule has 4 N–H and O–H groups in total. The van der Waals surface area contributed by atoms with Crippen molar-refractivity contribution in [1.82, 2.24) is 34.0 Å². The van der Waals surface area contributed by atoms with Gasteiger partial charge in [0.05, 0.1) is 30.0 Å². The molecular formula is C24H29ClN8O3.